The summed E-state index contributed by atoms with van der Waals surface area (Å²) in [6.45, 7) is 2.98. The Balaban J connectivity index is 2.35. The van der Waals surface area contributed by atoms with E-state index in [-0.39, 0.29) is 5.69 Å². The van der Waals surface area contributed by atoms with Gasteiger partial charge in [0, 0.05) is 19.2 Å². The molecule has 1 heterocycles. The summed E-state index contributed by atoms with van der Waals surface area (Å²) in [5.74, 6) is 0. The van der Waals surface area contributed by atoms with Gasteiger partial charge in [-0.3, -0.25) is 10.1 Å². The summed E-state index contributed by atoms with van der Waals surface area (Å²) in [7, 11) is 0. The Morgan fingerprint density at radius 3 is 2.85 bits per heavy atom. The number of nitro benzene ring substituents is 1. The minimum atomic E-state index is -0.726. The van der Waals surface area contributed by atoms with Crippen LogP contribution in [0, 0.1) is 21.4 Å². The molecule has 1 saturated heterocycles. The largest absolute Gasteiger partial charge is 0.390 e. The number of hydrogen-bond acceptors (Lipinski definition) is 5. The maximum atomic E-state index is 11.1. The third kappa shape index (κ3) is 3.06. The van der Waals surface area contributed by atoms with Crippen LogP contribution in [-0.4, -0.2) is 28.7 Å². The highest BCUT2D eigenvalue weighted by molar-refractivity contribution is 5.66. The van der Waals surface area contributed by atoms with Crippen molar-refractivity contribution in [3.63, 3.8) is 0 Å². The van der Waals surface area contributed by atoms with Gasteiger partial charge in [-0.25, -0.2) is 0 Å². The fourth-order valence-corrected chi connectivity index (χ4v) is 2.50. The van der Waals surface area contributed by atoms with Gasteiger partial charge in [-0.2, -0.15) is 5.26 Å². The molecule has 1 N–H and O–H groups in total. The van der Waals surface area contributed by atoms with E-state index in [0.29, 0.717) is 37.2 Å². The lowest BCUT2D eigenvalue weighted by Crippen LogP contribution is -2.28. The molecule has 1 atom stereocenters. The maximum Gasteiger partial charge on any atom is 0.292 e. The summed E-state index contributed by atoms with van der Waals surface area (Å²) >= 11 is 0. The number of hydrogen-bond donors (Lipinski definition) is 1. The van der Waals surface area contributed by atoms with Crippen molar-refractivity contribution >= 4 is 11.4 Å². The van der Waals surface area contributed by atoms with Gasteiger partial charge in [0.25, 0.3) is 5.69 Å². The third-order valence-corrected chi connectivity index (χ3v) is 3.71. The van der Waals surface area contributed by atoms with E-state index in [0.717, 1.165) is 6.42 Å². The Hall–Kier alpha value is -2.13. The van der Waals surface area contributed by atoms with Gasteiger partial charge < -0.3 is 10.0 Å². The number of nitro groups is 1. The molecule has 1 aliphatic heterocycles. The molecule has 1 unspecified atom stereocenters. The first-order valence-corrected chi connectivity index (χ1v) is 6.59. The van der Waals surface area contributed by atoms with Gasteiger partial charge in [0.2, 0.25) is 0 Å². The number of aliphatic hydroxyl groups is 1. The number of nitrogens with zero attached hydrogens (tertiary/aromatic N) is 3. The molecule has 0 aromatic heterocycles. The first kappa shape index (κ1) is 14.3. The molecule has 1 aromatic rings. The summed E-state index contributed by atoms with van der Waals surface area (Å²) in [5.41, 5.74) is 0.148. The second-order valence-electron chi connectivity index (χ2n) is 5.41. The highest BCUT2D eigenvalue weighted by Crippen LogP contribution is 2.32. The minimum Gasteiger partial charge on any atom is -0.390 e. The lowest BCUT2D eigenvalue weighted by Gasteiger charge is -2.24. The van der Waals surface area contributed by atoms with Gasteiger partial charge in [0.05, 0.1) is 22.2 Å². The summed E-state index contributed by atoms with van der Waals surface area (Å²) < 4.78 is 0. The molecule has 106 valence electrons. The quantitative estimate of drug-likeness (QED) is 0.660. The van der Waals surface area contributed by atoms with Gasteiger partial charge >= 0.3 is 0 Å². The average Bonchev–Trinajstić information content (AvgIpc) is 2.58. The molecule has 1 fully saturated rings. The Kier molecular flexibility index (Phi) is 3.91. The normalized spacial score (nSPS) is 22.9. The monoisotopic (exact) mass is 275 g/mol. The van der Waals surface area contributed by atoms with E-state index in [9.17, 15) is 15.2 Å². The van der Waals surface area contributed by atoms with Gasteiger partial charge in [0.15, 0.2) is 0 Å². The van der Waals surface area contributed by atoms with Crippen molar-refractivity contribution in [2.45, 2.75) is 31.8 Å². The molecular weight excluding hydrogens is 258 g/mol. The zero-order valence-corrected chi connectivity index (χ0v) is 11.4. The van der Waals surface area contributed by atoms with Crippen LogP contribution in [-0.2, 0) is 0 Å². The zero-order chi connectivity index (χ0) is 14.8. The third-order valence-electron chi connectivity index (χ3n) is 3.71. The van der Waals surface area contributed by atoms with Gasteiger partial charge in [-0.05, 0) is 38.3 Å². The second kappa shape index (κ2) is 5.47. The van der Waals surface area contributed by atoms with Crippen LogP contribution < -0.4 is 4.90 Å². The van der Waals surface area contributed by atoms with Crippen molar-refractivity contribution in [1.29, 1.82) is 5.26 Å². The van der Waals surface area contributed by atoms with E-state index >= 15 is 0 Å². The van der Waals surface area contributed by atoms with E-state index in [2.05, 4.69) is 0 Å². The first-order chi connectivity index (χ1) is 9.43. The molecule has 0 radical (unpaired) electrons. The number of rotatable bonds is 2. The lowest BCUT2D eigenvalue weighted by atomic mass is 9.98. The topological polar surface area (TPSA) is 90.4 Å². The predicted octanol–water partition coefficient (Wildman–Crippen LogP) is 2.21. The first-order valence-electron chi connectivity index (χ1n) is 6.59. The number of benzene rings is 1. The van der Waals surface area contributed by atoms with Crippen molar-refractivity contribution in [2.75, 3.05) is 18.0 Å². The molecule has 6 heteroatoms. The highest BCUT2D eigenvalue weighted by Gasteiger charge is 2.28. The van der Waals surface area contributed by atoms with Crippen molar-refractivity contribution in [1.82, 2.24) is 0 Å². The Morgan fingerprint density at radius 1 is 1.45 bits per heavy atom. The molecule has 1 aliphatic rings. The molecule has 1 aromatic carbocycles. The van der Waals surface area contributed by atoms with E-state index in [1.165, 1.54) is 12.1 Å². The maximum absolute atomic E-state index is 11.1. The van der Waals surface area contributed by atoms with Crippen LogP contribution >= 0.6 is 0 Å². The fraction of sp³-hybridized carbons (Fsp3) is 0.500. The van der Waals surface area contributed by atoms with Gasteiger partial charge in [-0.1, -0.05) is 0 Å². The molecule has 6 nitrogen and oxygen atoms in total. The van der Waals surface area contributed by atoms with Crippen LogP contribution in [0.4, 0.5) is 11.4 Å². The smallest absolute Gasteiger partial charge is 0.292 e. The predicted molar refractivity (Wildman–Crippen MR) is 74.5 cm³/mol. The molecule has 0 amide bonds. The van der Waals surface area contributed by atoms with Crippen LogP contribution in [0.3, 0.4) is 0 Å². The molecule has 0 spiro atoms. The second-order valence-corrected chi connectivity index (χ2v) is 5.41. The van der Waals surface area contributed by atoms with E-state index in [4.69, 9.17) is 5.26 Å². The van der Waals surface area contributed by atoms with E-state index in [1.54, 1.807) is 13.0 Å². The van der Waals surface area contributed by atoms with Crippen molar-refractivity contribution in [3.8, 4) is 6.07 Å². The molecular formula is C14H17N3O3. The summed E-state index contributed by atoms with van der Waals surface area (Å²) in [5, 5.41) is 30.2. The van der Waals surface area contributed by atoms with Crippen LogP contribution in [0.5, 0.6) is 0 Å². The van der Waals surface area contributed by atoms with E-state index < -0.39 is 10.5 Å². The Labute approximate surface area is 117 Å². The summed E-state index contributed by atoms with van der Waals surface area (Å²) in [4.78, 5) is 12.6. The van der Waals surface area contributed by atoms with E-state index in [1.807, 2.05) is 11.0 Å². The zero-order valence-electron chi connectivity index (χ0n) is 11.4. The van der Waals surface area contributed by atoms with Crippen LogP contribution in [0.25, 0.3) is 0 Å². The molecule has 0 saturated carbocycles. The fourth-order valence-electron chi connectivity index (χ4n) is 2.50. The van der Waals surface area contributed by atoms with Crippen LogP contribution in [0.15, 0.2) is 18.2 Å². The Morgan fingerprint density at radius 2 is 2.20 bits per heavy atom. The summed E-state index contributed by atoms with van der Waals surface area (Å²) in [6.07, 6.45) is 2.00. The van der Waals surface area contributed by atoms with Crippen LogP contribution in [0.2, 0.25) is 0 Å². The van der Waals surface area contributed by atoms with Crippen molar-refractivity contribution in [3.05, 3.63) is 33.9 Å². The lowest BCUT2D eigenvalue weighted by molar-refractivity contribution is -0.384. The van der Waals surface area contributed by atoms with Crippen molar-refractivity contribution < 1.29 is 10.0 Å². The molecule has 0 aliphatic carbocycles. The van der Waals surface area contributed by atoms with Crippen LogP contribution in [0.1, 0.15) is 31.7 Å². The number of nitriles is 1. The minimum absolute atomic E-state index is 0.00513. The highest BCUT2D eigenvalue weighted by atomic mass is 16.6. The molecule has 2 rings (SSSR count). The van der Waals surface area contributed by atoms with Gasteiger partial charge in [-0.15, -0.1) is 0 Å². The number of anilines is 1. The molecule has 20 heavy (non-hydrogen) atoms. The standard InChI is InChI=1S/C14H17N3O3/c1-14(18)5-2-7-16(8-6-14)13-9-11(10-15)3-4-12(13)17(19)20/h3-4,9,18H,2,5-8H2,1H3. The average molecular weight is 275 g/mol. The van der Waals surface area contributed by atoms with Gasteiger partial charge in [0.1, 0.15) is 5.69 Å². The molecule has 0 bridgehead atoms. The summed E-state index contributed by atoms with van der Waals surface area (Å²) in [6, 6.07) is 6.39. The Bertz CT molecular complexity index is 563. The van der Waals surface area contributed by atoms with Crippen molar-refractivity contribution in [2.24, 2.45) is 0 Å². The SMILES string of the molecule is CC1(O)CCCN(c2cc(C#N)ccc2[N+](=O)[O-])CC1.